The fourth-order valence-electron chi connectivity index (χ4n) is 5.13. The van der Waals surface area contributed by atoms with Crippen LogP contribution in [0.1, 0.15) is 55.4 Å². The van der Waals surface area contributed by atoms with E-state index in [1.54, 1.807) is 0 Å². The zero-order valence-electron chi connectivity index (χ0n) is 13.9. The fourth-order valence-corrected chi connectivity index (χ4v) is 5.13. The van der Waals surface area contributed by atoms with Crippen molar-refractivity contribution in [1.29, 1.82) is 0 Å². The third-order valence-electron chi connectivity index (χ3n) is 6.18. The van der Waals surface area contributed by atoms with Gasteiger partial charge in [-0.2, -0.15) is 0 Å². The molecule has 0 amide bonds. The number of nitrogens with two attached hydrogens (primary N) is 2. The minimum Gasteiger partial charge on any atom is -0.373 e. The average molecular weight is 268 g/mol. The van der Waals surface area contributed by atoms with Gasteiger partial charge in [0.25, 0.3) is 0 Å². The second kappa shape index (κ2) is 3.75. The van der Waals surface area contributed by atoms with Crippen molar-refractivity contribution < 1.29 is 4.74 Å². The summed E-state index contributed by atoms with van der Waals surface area (Å²) in [7, 11) is 0. The van der Waals surface area contributed by atoms with Crippen LogP contribution in [0.15, 0.2) is 0 Å². The van der Waals surface area contributed by atoms with Crippen molar-refractivity contribution in [2.75, 3.05) is 0 Å². The lowest BCUT2D eigenvalue weighted by molar-refractivity contribution is -0.298. The van der Waals surface area contributed by atoms with Crippen molar-refractivity contribution in [3.8, 4) is 0 Å². The smallest absolute Gasteiger partial charge is 0.0711 e. The Morgan fingerprint density at radius 3 is 1.00 bits per heavy atom. The highest BCUT2D eigenvalue weighted by atomic mass is 16.5. The molecule has 0 spiro atoms. The van der Waals surface area contributed by atoms with Crippen molar-refractivity contribution in [2.24, 2.45) is 33.1 Å². The molecule has 3 heteroatoms. The highest BCUT2D eigenvalue weighted by Gasteiger charge is 2.67. The molecule has 0 bridgehead atoms. The lowest BCUT2D eigenvalue weighted by Crippen LogP contribution is -2.77. The van der Waals surface area contributed by atoms with Crippen molar-refractivity contribution in [3.05, 3.63) is 0 Å². The van der Waals surface area contributed by atoms with Gasteiger partial charge in [-0.15, -0.1) is 0 Å². The SMILES string of the molecule is CC1(C)C(N)C(C)(C)C1OC1C(C)(C)C(N)C1(C)C. The first-order valence-electron chi connectivity index (χ1n) is 7.45. The molecule has 0 unspecified atom stereocenters. The Morgan fingerprint density at radius 1 is 0.579 bits per heavy atom. The summed E-state index contributed by atoms with van der Waals surface area (Å²) in [6.45, 7) is 17.7. The molecule has 3 nitrogen and oxygen atoms in total. The van der Waals surface area contributed by atoms with Gasteiger partial charge < -0.3 is 16.2 Å². The van der Waals surface area contributed by atoms with Crippen molar-refractivity contribution >= 4 is 0 Å². The van der Waals surface area contributed by atoms with E-state index < -0.39 is 0 Å². The van der Waals surface area contributed by atoms with E-state index >= 15 is 0 Å². The Kier molecular flexibility index (Phi) is 3.01. The normalized spacial score (nSPS) is 45.2. The topological polar surface area (TPSA) is 61.3 Å². The summed E-state index contributed by atoms with van der Waals surface area (Å²) in [6, 6.07) is 0.370. The Labute approximate surface area is 118 Å². The van der Waals surface area contributed by atoms with Crippen LogP contribution in [0, 0.1) is 21.7 Å². The average Bonchev–Trinajstić information content (AvgIpc) is 2.25. The van der Waals surface area contributed by atoms with Crippen LogP contribution in [0.5, 0.6) is 0 Å². The second-order valence-electron chi connectivity index (χ2n) is 9.14. The number of ether oxygens (including phenoxy) is 1. The first-order chi connectivity index (χ1) is 8.28. The molecule has 2 aliphatic rings. The third kappa shape index (κ3) is 1.68. The quantitative estimate of drug-likeness (QED) is 0.809. The number of hydrogen-bond donors (Lipinski definition) is 2. The maximum absolute atomic E-state index is 6.56. The maximum Gasteiger partial charge on any atom is 0.0711 e. The summed E-state index contributed by atoms with van der Waals surface area (Å²) >= 11 is 0. The van der Waals surface area contributed by atoms with Gasteiger partial charge in [0.15, 0.2) is 0 Å². The molecule has 0 aromatic heterocycles. The van der Waals surface area contributed by atoms with Crippen molar-refractivity contribution in [1.82, 2.24) is 0 Å². The van der Waals surface area contributed by atoms with Crippen LogP contribution in [0.2, 0.25) is 0 Å². The summed E-state index contributed by atoms with van der Waals surface area (Å²) < 4.78 is 6.56. The van der Waals surface area contributed by atoms with Gasteiger partial charge in [-0.25, -0.2) is 0 Å². The molecule has 112 valence electrons. The van der Waals surface area contributed by atoms with Crippen molar-refractivity contribution in [3.63, 3.8) is 0 Å². The predicted molar refractivity (Wildman–Crippen MR) is 79.7 cm³/mol. The van der Waals surface area contributed by atoms with Gasteiger partial charge in [0, 0.05) is 33.7 Å². The summed E-state index contributed by atoms with van der Waals surface area (Å²) in [5.41, 5.74) is 12.8. The molecule has 0 aromatic rings. The van der Waals surface area contributed by atoms with Crippen LogP contribution in [0.4, 0.5) is 0 Å². The molecular weight excluding hydrogens is 236 g/mol. The minimum absolute atomic E-state index is 0.0370. The molecule has 0 atom stereocenters. The van der Waals surface area contributed by atoms with E-state index in [-0.39, 0.29) is 46.0 Å². The highest BCUT2D eigenvalue weighted by molar-refractivity contribution is 5.18. The van der Waals surface area contributed by atoms with Crippen LogP contribution in [0.3, 0.4) is 0 Å². The Bertz CT molecular complexity index is 316. The van der Waals surface area contributed by atoms with Gasteiger partial charge in [0.1, 0.15) is 0 Å². The number of hydrogen-bond acceptors (Lipinski definition) is 3. The third-order valence-corrected chi connectivity index (χ3v) is 6.18. The molecule has 0 aliphatic heterocycles. The minimum atomic E-state index is 0.0370. The van der Waals surface area contributed by atoms with Crippen LogP contribution in [0.25, 0.3) is 0 Å². The van der Waals surface area contributed by atoms with E-state index in [4.69, 9.17) is 16.2 Å². The molecule has 4 N–H and O–H groups in total. The van der Waals surface area contributed by atoms with E-state index in [0.717, 1.165) is 0 Å². The van der Waals surface area contributed by atoms with E-state index in [2.05, 4.69) is 55.4 Å². The summed E-state index contributed by atoms with van der Waals surface area (Å²) in [4.78, 5) is 0. The standard InChI is InChI=1S/C16H32N2O/c1-13(2)9(17)14(3,4)11(13)19-12-15(5,6)10(18)16(12,7)8/h9-12H,17-18H2,1-8H3. The largest absolute Gasteiger partial charge is 0.373 e. The molecular formula is C16H32N2O. The Morgan fingerprint density at radius 2 is 0.789 bits per heavy atom. The van der Waals surface area contributed by atoms with E-state index in [0.29, 0.717) is 0 Å². The van der Waals surface area contributed by atoms with Crippen LogP contribution in [-0.4, -0.2) is 24.3 Å². The van der Waals surface area contributed by atoms with Crippen molar-refractivity contribution in [2.45, 2.75) is 79.7 Å². The lowest BCUT2D eigenvalue weighted by atomic mass is 9.47. The first-order valence-corrected chi connectivity index (χ1v) is 7.45. The monoisotopic (exact) mass is 268 g/mol. The highest BCUT2D eigenvalue weighted by Crippen LogP contribution is 2.60. The second-order valence-corrected chi connectivity index (χ2v) is 9.14. The van der Waals surface area contributed by atoms with Gasteiger partial charge in [0.05, 0.1) is 12.2 Å². The van der Waals surface area contributed by atoms with Gasteiger partial charge in [-0.05, 0) is 0 Å². The molecule has 2 saturated carbocycles. The van der Waals surface area contributed by atoms with Crippen LogP contribution >= 0.6 is 0 Å². The molecule has 0 heterocycles. The molecule has 2 fully saturated rings. The maximum atomic E-state index is 6.56. The van der Waals surface area contributed by atoms with Gasteiger partial charge in [-0.1, -0.05) is 55.4 Å². The molecule has 0 aromatic carbocycles. The molecule has 2 rings (SSSR count). The zero-order chi connectivity index (χ0) is 15.0. The van der Waals surface area contributed by atoms with Gasteiger partial charge in [0.2, 0.25) is 0 Å². The molecule has 19 heavy (non-hydrogen) atoms. The number of rotatable bonds is 2. The molecule has 2 aliphatic carbocycles. The summed E-state index contributed by atoms with van der Waals surface area (Å²) in [5.74, 6) is 0. The lowest BCUT2D eigenvalue weighted by Gasteiger charge is -2.68. The van der Waals surface area contributed by atoms with Crippen LogP contribution < -0.4 is 11.5 Å². The summed E-state index contributed by atoms with van der Waals surface area (Å²) in [6.07, 6.45) is 0.400. The summed E-state index contributed by atoms with van der Waals surface area (Å²) in [5, 5.41) is 0. The molecule has 0 radical (unpaired) electrons. The first kappa shape index (κ1) is 15.3. The van der Waals surface area contributed by atoms with E-state index in [1.807, 2.05) is 0 Å². The zero-order valence-corrected chi connectivity index (χ0v) is 13.9. The van der Waals surface area contributed by atoms with Gasteiger partial charge in [-0.3, -0.25) is 0 Å². The van der Waals surface area contributed by atoms with Gasteiger partial charge >= 0.3 is 0 Å². The molecule has 0 saturated heterocycles. The van der Waals surface area contributed by atoms with E-state index in [9.17, 15) is 0 Å². The Hall–Kier alpha value is -0.120. The fraction of sp³-hybridized carbons (Fsp3) is 1.00. The predicted octanol–water partition coefficient (Wildman–Crippen LogP) is 2.53. The van der Waals surface area contributed by atoms with Crippen LogP contribution in [-0.2, 0) is 4.74 Å². The Balaban J connectivity index is 2.19. The van der Waals surface area contributed by atoms with E-state index in [1.165, 1.54) is 0 Å².